The van der Waals surface area contributed by atoms with Gasteiger partial charge in [0.05, 0.1) is 22.3 Å². The van der Waals surface area contributed by atoms with Crippen molar-refractivity contribution in [3.05, 3.63) is 40.8 Å². The van der Waals surface area contributed by atoms with Crippen molar-refractivity contribution in [3.63, 3.8) is 0 Å². The van der Waals surface area contributed by atoms with Gasteiger partial charge in [0.25, 0.3) is 5.56 Å². The van der Waals surface area contributed by atoms with Crippen LogP contribution in [0.5, 0.6) is 0 Å². The number of aromatic nitrogens is 1. The number of carbonyl (C=O) groups is 1. The summed E-state index contributed by atoms with van der Waals surface area (Å²) in [6.07, 6.45) is 6.41. The van der Waals surface area contributed by atoms with Crippen molar-refractivity contribution in [2.45, 2.75) is 68.7 Å². The molecule has 2 aliphatic rings. The van der Waals surface area contributed by atoms with E-state index >= 15 is 0 Å². The van der Waals surface area contributed by atoms with Crippen molar-refractivity contribution in [1.29, 1.82) is 0 Å². The number of pyridine rings is 1. The van der Waals surface area contributed by atoms with E-state index in [-0.39, 0.29) is 29.8 Å². The van der Waals surface area contributed by atoms with E-state index in [2.05, 4.69) is 0 Å². The lowest BCUT2D eigenvalue weighted by molar-refractivity contribution is -0.147. The lowest BCUT2D eigenvalue weighted by Crippen LogP contribution is -2.44. The van der Waals surface area contributed by atoms with Crippen LogP contribution in [0.1, 0.15) is 45.4 Å². The fraction of sp³-hybridized carbons (Fsp3) is 0.524. The molecular weight excluding hydrogens is 390 g/mol. The van der Waals surface area contributed by atoms with Crippen molar-refractivity contribution in [2.75, 3.05) is 6.54 Å². The molecule has 1 aromatic heterocycles. The van der Waals surface area contributed by atoms with Crippen LogP contribution in [0.4, 0.5) is 0 Å². The van der Waals surface area contributed by atoms with Crippen LogP contribution in [0.15, 0.2) is 40.2 Å². The maximum absolute atomic E-state index is 13.4. The Kier molecular flexibility index (Phi) is 5.70. The van der Waals surface area contributed by atoms with Crippen LogP contribution in [0.25, 0.3) is 10.8 Å². The van der Waals surface area contributed by atoms with Gasteiger partial charge in [0.1, 0.15) is 0 Å². The molecule has 1 aliphatic carbocycles. The monoisotopic (exact) mass is 417 g/mol. The van der Waals surface area contributed by atoms with Gasteiger partial charge in [-0.05, 0) is 43.9 Å². The van der Waals surface area contributed by atoms with E-state index in [0.717, 1.165) is 32.1 Å². The minimum absolute atomic E-state index is 0.0565. The molecule has 0 radical (unpaired) electrons. The van der Waals surface area contributed by atoms with E-state index < -0.39 is 11.4 Å². The summed E-state index contributed by atoms with van der Waals surface area (Å²) in [6, 6.07) is 7.12. The van der Waals surface area contributed by atoms with Gasteiger partial charge >= 0.3 is 5.97 Å². The topological polar surface area (TPSA) is 101 Å². The van der Waals surface area contributed by atoms with E-state index in [0.29, 0.717) is 28.6 Å². The smallest absolute Gasteiger partial charge is 0.307 e. The van der Waals surface area contributed by atoms with E-state index in [1.54, 1.807) is 24.4 Å². The molecule has 1 saturated carbocycles. The van der Waals surface area contributed by atoms with Gasteiger partial charge in [0.2, 0.25) is 0 Å². The minimum Gasteiger partial charge on any atom is -0.593 e. The van der Waals surface area contributed by atoms with E-state index in [4.69, 9.17) is 10.5 Å². The van der Waals surface area contributed by atoms with Crippen LogP contribution in [-0.4, -0.2) is 37.5 Å². The molecule has 2 atom stereocenters. The highest BCUT2D eigenvalue weighted by Gasteiger charge is 2.61. The molecule has 1 spiro atoms. The Morgan fingerprint density at radius 1 is 1.34 bits per heavy atom. The Bertz CT molecular complexity index is 972. The average Bonchev–Trinajstić information content (AvgIpc) is 3.46. The first-order valence-corrected chi connectivity index (χ1v) is 11.3. The van der Waals surface area contributed by atoms with Gasteiger partial charge < -0.3 is 15.0 Å². The molecular formula is C21H27N3O4S. The third-order valence-electron chi connectivity index (χ3n) is 6.06. The number of ether oxygens (including phenoxy) is 1. The second kappa shape index (κ2) is 8.10. The molecule has 7 nitrogen and oxygen atoms in total. The minimum atomic E-state index is -1.37. The van der Waals surface area contributed by atoms with Gasteiger partial charge in [0.15, 0.2) is 11.6 Å². The molecule has 2 unspecified atom stereocenters. The molecule has 2 fully saturated rings. The van der Waals surface area contributed by atoms with Crippen molar-refractivity contribution >= 4 is 28.1 Å². The summed E-state index contributed by atoms with van der Waals surface area (Å²) >= 11 is -1.37. The molecule has 2 N–H and O–H groups in total. The number of benzene rings is 1. The molecule has 0 amide bonds. The van der Waals surface area contributed by atoms with Crippen LogP contribution in [-0.2, 0) is 27.6 Å². The van der Waals surface area contributed by atoms with Crippen LogP contribution in [0, 0.1) is 0 Å². The zero-order valence-corrected chi connectivity index (χ0v) is 17.5. The highest BCUT2D eigenvalue weighted by molar-refractivity contribution is 7.89. The number of fused-ring (bicyclic) bond motifs is 1. The quantitative estimate of drug-likeness (QED) is 0.548. The van der Waals surface area contributed by atoms with Crippen LogP contribution >= 0.6 is 0 Å². The van der Waals surface area contributed by atoms with E-state index in [1.165, 1.54) is 4.57 Å². The number of esters is 1. The van der Waals surface area contributed by atoms with E-state index in [1.807, 2.05) is 17.3 Å². The van der Waals surface area contributed by atoms with Crippen molar-refractivity contribution in [2.24, 2.45) is 5.73 Å². The Balaban J connectivity index is 1.59. The van der Waals surface area contributed by atoms with Crippen LogP contribution < -0.4 is 11.3 Å². The summed E-state index contributed by atoms with van der Waals surface area (Å²) in [7, 11) is 0. The number of hydrogen-bond acceptors (Lipinski definition) is 6. The van der Waals surface area contributed by atoms with Gasteiger partial charge in [-0.25, -0.2) is 0 Å². The van der Waals surface area contributed by atoms with Gasteiger partial charge in [-0.2, -0.15) is 0 Å². The summed E-state index contributed by atoms with van der Waals surface area (Å²) in [5, 5.41) is 1.14. The SMILES string of the molecule is CCCCC(=O)OCn1ccc2c([S+]([O-])N3CCC(N)C34CC4)cccc2c1=O. The number of carbonyl (C=O) groups excluding carboxylic acids is 1. The number of nitrogens with two attached hydrogens (primary N) is 1. The fourth-order valence-corrected chi connectivity index (χ4v) is 5.84. The second-order valence-corrected chi connectivity index (χ2v) is 9.29. The predicted molar refractivity (Wildman–Crippen MR) is 111 cm³/mol. The molecule has 1 aliphatic heterocycles. The molecule has 8 heteroatoms. The maximum atomic E-state index is 13.4. The molecule has 2 aromatic rings. The van der Waals surface area contributed by atoms with Crippen LogP contribution in [0.3, 0.4) is 0 Å². The normalized spacial score (nSPS) is 21.6. The first kappa shape index (κ1) is 20.4. The summed E-state index contributed by atoms with van der Waals surface area (Å²) in [6.45, 7) is 2.59. The number of rotatable bonds is 7. The molecule has 29 heavy (non-hydrogen) atoms. The zero-order chi connectivity index (χ0) is 20.6. The summed E-state index contributed by atoms with van der Waals surface area (Å²) in [5.41, 5.74) is 5.85. The lowest BCUT2D eigenvalue weighted by Gasteiger charge is -2.27. The third kappa shape index (κ3) is 3.70. The standard InChI is InChI=1S/C21H27N3O4S/c1-2-3-7-19(25)28-14-23-12-8-15-16(20(23)26)5-4-6-17(15)29(27)24-13-9-18(22)21(24)10-11-21/h4-6,8,12,18H,2-3,7,9-11,13-14,22H2,1H3. The Labute approximate surface area is 173 Å². The van der Waals surface area contributed by atoms with Crippen molar-refractivity contribution < 1.29 is 14.1 Å². The molecule has 0 bridgehead atoms. The van der Waals surface area contributed by atoms with Crippen molar-refractivity contribution in [3.8, 4) is 0 Å². The second-order valence-electron chi connectivity index (χ2n) is 7.91. The first-order chi connectivity index (χ1) is 14.0. The lowest BCUT2D eigenvalue weighted by atomic mass is 10.1. The molecule has 2 heterocycles. The molecule has 4 rings (SSSR count). The average molecular weight is 418 g/mol. The largest absolute Gasteiger partial charge is 0.593 e. The van der Waals surface area contributed by atoms with Gasteiger partial charge in [0, 0.05) is 30.6 Å². The third-order valence-corrected chi connectivity index (χ3v) is 7.74. The number of unbranched alkanes of at least 4 members (excludes halogenated alkanes) is 1. The number of nitrogens with zero attached hydrogens (tertiary/aromatic N) is 2. The Morgan fingerprint density at radius 2 is 2.14 bits per heavy atom. The maximum Gasteiger partial charge on any atom is 0.307 e. The number of hydrogen-bond donors (Lipinski definition) is 1. The summed E-state index contributed by atoms with van der Waals surface area (Å²) < 4.78 is 22.0. The van der Waals surface area contributed by atoms with E-state index in [9.17, 15) is 14.1 Å². The van der Waals surface area contributed by atoms with Gasteiger partial charge in [-0.15, -0.1) is 4.31 Å². The Hall–Kier alpha value is -1.87. The predicted octanol–water partition coefficient (Wildman–Crippen LogP) is 2.28. The fourth-order valence-electron chi connectivity index (χ4n) is 4.13. The van der Waals surface area contributed by atoms with Gasteiger partial charge in [-0.1, -0.05) is 19.4 Å². The zero-order valence-electron chi connectivity index (χ0n) is 16.6. The molecule has 1 aromatic carbocycles. The summed E-state index contributed by atoms with van der Waals surface area (Å²) in [5.74, 6) is -0.311. The van der Waals surface area contributed by atoms with Crippen LogP contribution in [0.2, 0.25) is 0 Å². The molecule has 1 saturated heterocycles. The molecule has 156 valence electrons. The first-order valence-electron chi connectivity index (χ1n) is 10.2. The summed E-state index contributed by atoms with van der Waals surface area (Å²) in [4.78, 5) is 25.3. The highest BCUT2D eigenvalue weighted by Crippen LogP contribution is 2.51. The Morgan fingerprint density at radius 3 is 2.86 bits per heavy atom. The van der Waals surface area contributed by atoms with Gasteiger partial charge in [-0.3, -0.25) is 14.2 Å². The highest BCUT2D eigenvalue weighted by atomic mass is 32.2. The van der Waals surface area contributed by atoms with Crippen molar-refractivity contribution in [1.82, 2.24) is 8.87 Å².